The number of fused-ring (bicyclic) bond motifs is 1. The van der Waals surface area contributed by atoms with Crippen molar-refractivity contribution in [3.05, 3.63) is 70.4 Å². The first kappa shape index (κ1) is 12.3. The molecule has 4 nitrogen and oxygen atoms in total. The molecule has 0 spiro atoms. The van der Waals surface area contributed by atoms with Crippen LogP contribution < -0.4 is 0 Å². The number of nitro groups is 1. The van der Waals surface area contributed by atoms with Crippen molar-refractivity contribution < 1.29 is 4.92 Å². The van der Waals surface area contributed by atoms with E-state index in [1.807, 2.05) is 37.3 Å². The average Bonchev–Trinajstić information content (AvgIpc) is 2.47. The van der Waals surface area contributed by atoms with Gasteiger partial charge in [-0.1, -0.05) is 29.8 Å². The van der Waals surface area contributed by atoms with Gasteiger partial charge in [-0.25, -0.2) is 0 Å². The van der Waals surface area contributed by atoms with Gasteiger partial charge in [-0.2, -0.15) is 0 Å². The van der Waals surface area contributed by atoms with Gasteiger partial charge in [0.25, 0.3) is 5.69 Å². The Morgan fingerprint density at radius 2 is 1.80 bits per heavy atom. The van der Waals surface area contributed by atoms with Crippen LogP contribution in [-0.2, 0) is 0 Å². The number of hydrogen-bond acceptors (Lipinski definition) is 3. The van der Waals surface area contributed by atoms with E-state index >= 15 is 0 Å². The fourth-order valence-corrected chi connectivity index (χ4v) is 2.21. The molecule has 0 N–H and O–H groups in total. The molecule has 0 aliphatic carbocycles. The zero-order valence-electron chi connectivity index (χ0n) is 10.9. The maximum absolute atomic E-state index is 10.9. The van der Waals surface area contributed by atoms with Crippen molar-refractivity contribution in [1.29, 1.82) is 0 Å². The third kappa shape index (κ3) is 2.12. The number of rotatable bonds is 2. The van der Waals surface area contributed by atoms with E-state index in [4.69, 9.17) is 0 Å². The summed E-state index contributed by atoms with van der Waals surface area (Å²) in [6.07, 6.45) is 1.73. The van der Waals surface area contributed by atoms with E-state index in [0.29, 0.717) is 0 Å². The number of nitro benzene ring substituents is 1. The lowest BCUT2D eigenvalue weighted by Gasteiger charge is -2.06. The highest BCUT2D eigenvalue weighted by atomic mass is 16.6. The Kier molecular flexibility index (Phi) is 2.91. The van der Waals surface area contributed by atoms with Gasteiger partial charge in [0.2, 0.25) is 0 Å². The summed E-state index contributed by atoms with van der Waals surface area (Å²) in [4.78, 5) is 14.9. The largest absolute Gasteiger partial charge is 0.270 e. The van der Waals surface area contributed by atoms with Crippen molar-refractivity contribution in [3.8, 4) is 11.3 Å². The monoisotopic (exact) mass is 264 g/mol. The zero-order valence-corrected chi connectivity index (χ0v) is 10.9. The van der Waals surface area contributed by atoms with E-state index in [0.717, 1.165) is 22.0 Å². The van der Waals surface area contributed by atoms with E-state index in [1.54, 1.807) is 18.3 Å². The molecule has 20 heavy (non-hydrogen) atoms. The molecule has 0 atom stereocenters. The van der Waals surface area contributed by atoms with Gasteiger partial charge in [-0.3, -0.25) is 15.1 Å². The number of hydrogen-bond donors (Lipinski definition) is 0. The third-order valence-electron chi connectivity index (χ3n) is 3.29. The van der Waals surface area contributed by atoms with Crippen LogP contribution in [0.4, 0.5) is 5.69 Å². The number of nitrogens with zero attached hydrogens (tertiary/aromatic N) is 2. The van der Waals surface area contributed by atoms with Crippen LogP contribution in [0.3, 0.4) is 0 Å². The van der Waals surface area contributed by atoms with E-state index < -0.39 is 0 Å². The Bertz CT molecular complexity index is 795. The predicted octanol–water partition coefficient (Wildman–Crippen LogP) is 4.12. The highest BCUT2D eigenvalue weighted by molar-refractivity contribution is 5.95. The molecule has 0 saturated heterocycles. The van der Waals surface area contributed by atoms with Crippen molar-refractivity contribution in [2.24, 2.45) is 0 Å². The molecular weight excluding hydrogens is 252 g/mol. The standard InChI is InChI=1S/C16H12N2O2/c1-11-2-4-13(5-3-11)16-15-10-14(18(19)20)7-6-12(15)8-9-17-16/h2-10H,1H3. The summed E-state index contributed by atoms with van der Waals surface area (Å²) in [5.74, 6) is 0. The van der Waals surface area contributed by atoms with Gasteiger partial charge in [-0.05, 0) is 24.4 Å². The second-order valence-electron chi connectivity index (χ2n) is 4.69. The molecule has 0 aliphatic rings. The fourth-order valence-electron chi connectivity index (χ4n) is 2.21. The summed E-state index contributed by atoms with van der Waals surface area (Å²) < 4.78 is 0. The van der Waals surface area contributed by atoms with Gasteiger partial charge in [0.15, 0.2) is 0 Å². The van der Waals surface area contributed by atoms with Crippen LogP contribution in [0.2, 0.25) is 0 Å². The van der Waals surface area contributed by atoms with Crippen LogP contribution in [0.5, 0.6) is 0 Å². The summed E-state index contributed by atoms with van der Waals surface area (Å²) in [5.41, 5.74) is 2.98. The van der Waals surface area contributed by atoms with E-state index in [9.17, 15) is 10.1 Å². The highest BCUT2D eigenvalue weighted by Gasteiger charge is 2.10. The van der Waals surface area contributed by atoms with Crippen LogP contribution in [0.1, 0.15) is 5.56 Å². The normalized spacial score (nSPS) is 10.7. The van der Waals surface area contributed by atoms with Gasteiger partial charge in [0.05, 0.1) is 10.6 Å². The van der Waals surface area contributed by atoms with Crippen LogP contribution in [0, 0.1) is 17.0 Å². The van der Waals surface area contributed by atoms with Crippen LogP contribution in [-0.4, -0.2) is 9.91 Å². The predicted molar refractivity (Wildman–Crippen MR) is 78.6 cm³/mol. The van der Waals surface area contributed by atoms with Gasteiger partial charge < -0.3 is 0 Å². The molecule has 0 bridgehead atoms. The molecule has 0 fully saturated rings. The molecule has 0 aliphatic heterocycles. The zero-order chi connectivity index (χ0) is 14.1. The quantitative estimate of drug-likeness (QED) is 0.516. The number of aromatic nitrogens is 1. The molecule has 4 heteroatoms. The Morgan fingerprint density at radius 1 is 1.05 bits per heavy atom. The van der Waals surface area contributed by atoms with Crippen molar-refractivity contribution in [3.63, 3.8) is 0 Å². The average molecular weight is 264 g/mol. The first-order valence-corrected chi connectivity index (χ1v) is 6.25. The number of pyridine rings is 1. The Labute approximate surface area is 115 Å². The van der Waals surface area contributed by atoms with Crippen molar-refractivity contribution in [2.45, 2.75) is 6.92 Å². The van der Waals surface area contributed by atoms with Gasteiger partial charge in [0.1, 0.15) is 0 Å². The van der Waals surface area contributed by atoms with Crippen LogP contribution in [0.25, 0.3) is 22.0 Å². The molecule has 0 unspecified atom stereocenters. The smallest absolute Gasteiger partial charge is 0.258 e. The summed E-state index contributed by atoms with van der Waals surface area (Å²) in [6.45, 7) is 2.02. The molecule has 3 aromatic rings. The molecule has 2 aromatic carbocycles. The van der Waals surface area contributed by atoms with E-state index in [2.05, 4.69) is 4.98 Å². The lowest BCUT2D eigenvalue weighted by Crippen LogP contribution is -1.90. The van der Waals surface area contributed by atoms with Crippen molar-refractivity contribution in [1.82, 2.24) is 4.98 Å². The molecule has 0 amide bonds. The first-order chi connectivity index (χ1) is 9.65. The second-order valence-corrected chi connectivity index (χ2v) is 4.69. The maximum atomic E-state index is 10.9. The summed E-state index contributed by atoms with van der Waals surface area (Å²) >= 11 is 0. The third-order valence-corrected chi connectivity index (χ3v) is 3.29. The Balaban J connectivity index is 2.26. The Morgan fingerprint density at radius 3 is 2.50 bits per heavy atom. The SMILES string of the molecule is Cc1ccc(-c2nccc3ccc([N+](=O)[O-])cc23)cc1. The molecular formula is C16H12N2O2. The molecule has 0 saturated carbocycles. The topological polar surface area (TPSA) is 56.0 Å². The number of benzene rings is 2. The second kappa shape index (κ2) is 4.74. The van der Waals surface area contributed by atoms with Crippen molar-refractivity contribution >= 4 is 16.5 Å². The highest BCUT2D eigenvalue weighted by Crippen LogP contribution is 2.29. The minimum atomic E-state index is -0.384. The van der Waals surface area contributed by atoms with Crippen LogP contribution in [0.15, 0.2) is 54.7 Å². The van der Waals surface area contributed by atoms with Gasteiger partial charge >= 0.3 is 0 Å². The summed E-state index contributed by atoms with van der Waals surface area (Å²) in [7, 11) is 0. The molecule has 3 rings (SSSR count). The molecule has 1 heterocycles. The first-order valence-electron chi connectivity index (χ1n) is 6.25. The fraction of sp³-hybridized carbons (Fsp3) is 0.0625. The molecule has 1 aromatic heterocycles. The minimum Gasteiger partial charge on any atom is -0.258 e. The summed E-state index contributed by atoms with van der Waals surface area (Å²) in [6, 6.07) is 14.7. The molecule has 98 valence electrons. The van der Waals surface area contributed by atoms with Crippen molar-refractivity contribution in [2.75, 3.05) is 0 Å². The van der Waals surface area contributed by atoms with E-state index in [1.165, 1.54) is 11.6 Å². The minimum absolute atomic E-state index is 0.0823. The lowest BCUT2D eigenvalue weighted by molar-refractivity contribution is -0.384. The maximum Gasteiger partial charge on any atom is 0.270 e. The lowest BCUT2D eigenvalue weighted by atomic mass is 10.0. The Hall–Kier alpha value is -2.75. The number of non-ortho nitro benzene ring substituents is 1. The molecule has 0 radical (unpaired) electrons. The van der Waals surface area contributed by atoms with E-state index in [-0.39, 0.29) is 10.6 Å². The number of aryl methyl sites for hydroxylation is 1. The van der Waals surface area contributed by atoms with Gasteiger partial charge in [-0.15, -0.1) is 0 Å². The van der Waals surface area contributed by atoms with Crippen LogP contribution >= 0.6 is 0 Å². The van der Waals surface area contributed by atoms with Gasteiger partial charge in [0, 0.05) is 29.3 Å². The summed E-state index contributed by atoms with van der Waals surface area (Å²) in [5, 5.41) is 12.7.